The molecule has 0 aromatic heterocycles. The summed E-state index contributed by atoms with van der Waals surface area (Å²) >= 11 is 1.64. The lowest BCUT2D eigenvalue weighted by Crippen LogP contribution is -1.93. The number of hydrogen-bond donors (Lipinski definition) is 1. The van der Waals surface area contributed by atoms with E-state index in [4.69, 9.17) is 5.73 Å². The minimum absolute atomic E-state index is 0.286. The van der Waals surface area contributed by atoms with Crippen molar-refractivity contribution in [1.29, 1.82) is 0 Å². The first-order valence-electron chi connectivity index (χ1n) is 4.92. The molecule has 0 saturated carbocycles. The van der Waals surface area contributed by atoms with Gasteiger partial charge in [0.25, 0.3) is 0 Å². The highest BCUT2D eigenvalue weighted by Gasteiger charge is 2.03. The minimum atomic E-state index is -0.314. The van der Waals surface area contributed by atoms with Crippen LogP contribution in [-0.4, -0.2) is 5.75 Å². The molecule has 1 aromatic rings. The smallest absolute Gasteiger partial charge is 0.147 e. The Labute approximate surface area is 88.9 Å². The third-order valence-corrected chi connectivity index (χ3v) is 3.18. The number of hydrogen-bond acceptors (Lipinski definition) is 2. The highest BCUT2D eigenvalue weighted by molar-refractivity contribution is 7.99. The lowest BCUT2D eigenvalue weighted by molar-refractivity contribution is 0.629. The SMILES string of the molecule is CCCCCSc1cccc(F)c1N. The summed E-state index contributed by atoms with van der Waals surface area (Å²) < 4.78 is 13.0. The Morgan fingerprint density at radius 1 is 1.36 bits per heavy atom. The second-order valence-corrected chi connectivity index (χ2v) is 4.34. The van der Waals surface area contributed by atoms with Gasteiger partial charge < -0.3 is 5.73 Å². The molecule has 0 saturated heterocycles. The highest BCUT2D eigenvalue weighted by Crippen LogP contribution is 2.27. The number of nitrogen functional groups attached to an aromatic ring is 1. The van der Waals surface area contributed by atoms with E-state index < -0.39 is 0 Å². The molecule has 0 spiro atoms. The van der Waals surface area contributed by atoms with E-state index in [1.54, 1.807) is 17.8 Å². The molecule has 0 atom stereocenters. The minimum Gasteiger partial charge on any atom is -0.395 e. The Morgan fingerprint density at radius 2 is 2.14 bits per heavy atom. The molecule has 0 aliphatic carbocycles. The summed E-state index contributed by atoms with van der Waals surface area (Å²) in [6.45, 7) is 2.17. The number of rotatable bonds is 5. The lowest BCUT2D eigenvalue weighted by Gasteiger charge is -2.05. The van der Waals surface area contributed by atoms with Gasteiger partial charge in [0.1, 0.15) is 5.82 Å². The Morgan fingerprint density at radius 3 is 2.86 bits per heavy atom. The van der Waals surface area contributed by atoms with Crippen LogP contribution in [0.25, 0.3) is 0 Å². The summed E-state index contributed by atoms with van der Waals surface area (Å²) in [6, 6.07) is 4.97. The van der Waals surface area contributed by atoms with E-state index in [-0.39, 0.29) is 11.5 Å². The molecule has 0 fully saturated rings. The monoisotopic (exact) mass is 213 g/mol. The van der Waals surface area contributed by atoms with E-state index >= 15 is 0 Å². The molecule has 0 aliphatic heterocycles. The molecular weight excluding hydrogens is 197 g/mol. The first kappa shape index (κ1) is 11.4. The van der Waals surface area contributed by atoms with Crippen molar-refractivity contribution in [2.24, 2.45) is 0 Å². The number of benzene rings is 1. The summed E-state index contributed by atoms with van der Waals surface area (Å²) in [6.07, 6.45) is 3.60. The second-order valence-electron chi connectivity index (χ2n) is 3.21. The zero-order chi connectivity index (χ0) is 10.4. The molecule has 0 aliphatic rings. The molecule has 1 rings (SSSR count). The molecule has 0 bridgehead atoms. The van der Waals surface area contributed by atoms with E-state index in [1.165, 1.54) is 18.9 Å². The van der Waals surface area contributed by atoms with Crippen molar-refractivity contribution in [1.82, 2.24) is 0 Å². The number of unbranched alkanes of at least 4 members (excludes halogenated alkanes) is 2. The van der Waals surface area contributed by atoms with Crippen LogP contribution < -0.4 is 5.73 Å². The first-order chi connectivity index (χ1) is 6.75. The van der Waals surface area contributed by atoms with Gasteiger partial charge >= 0.3 is 0 Å². The molecule has 0 unspecified atom stereocenters. The average molecular weight is 213 g/mol. The zero-order valence-corrected chi connectivity index (χ0v) is 9.24. The molecule has 2 N–H and O–H groups in total. The molecule has 0 radical (unpaired) electrons. The Balaban J connectivity index is 2.46. The number of nitrogens with two attached hydrogens (primary N) is 1. The van der Waals surface area contributed by atoms with E-state index in [0.717, 1.165) is 17.1 Å². The van der Waals surface area contributed by atoms with Crippen molar-refractivity contribution in [2.45, 2.75) is 31.1 Å². The molecule has 3 heteroatoms. The van der Waals surface area contributed by atoms with Crippen molar-refractivity contribution >= 4 is 17.4 Å². The normalized spacial score (nSPS) is 10.4. The van der Waals surface area contributed by atoms with Crippen molar-refractivity contribution in [2.75, 3.05) is 11.5 Å². The van der Waals surface area contributed by atoms with E-state index in [9.17, 15) is 4.39 Å². The van der Waals surface area contributed by atoms with Gasteiger partial charge in [-0.15, -0.1) is 11.8 Å². The molecule has 1 aromatic carbocycles. The quantitative estimate of drug-likeness (QED) is 0.458. The second kappa shape index (κ2) is 5.91. The average Bonchev–Trinajstić information content (AvgIpc) is 2.19. The maximum absolute atomic E-state index is 13.0. The van der Waals surface area contributed by atoms with Crippen LogP contribution >= 0.6 is 11.8 Å². The fraction of sp³-hybridized carbons (Fsp3) is 0.455. The van der Waals surface area contributed by atoms with Crippen LogP contribution in [-0.2, 0) is 0 Å². The topological polar surface area (TPSA) is 26.0 Å². The van der Waals surface area contributed by atoms with E-state index in [0.29, 0.717) is 0 Å². The molecule has 14 heavy (non-hydrogen) atoms. The van der Waals surface area contributed by atoms with Crippen LogP contribution in [0.4, 0.5) is 10.1 Å². The van der Waals surface area contributed by atoms with E-state index in [1.807, 2.05) is 6.07 Å². The van der Waals surface area contributed by atoms with Gasteiger partial charge in [-0.3, -0.25) is 0 Å². The summed E-state index contributed by atoms with van der Waals surface area (Å²) in [7, 11) is 0. The fourth-order valence-corrected chi connectivity index (χ4v) is 2.17. The van der Waals surface area contributed by atoms with Gasteiger partial charge in [0.15, 0.2) is 0 Å². The fourth-order valence-electron chi connectivity index (χ4n) is 1.18. The molecule has 78 valence electrons. The molecule has 0 amide bonds. The van der Waals surface area contributed by atoms with Crippen molar-refractivity contribution in [3.05, 3.63) is 24.0 Å². The van der Waals surface area contributed by atoms with Crippen LogP contribution in [0.5, 0.6) is 0 Å². The van der Waals surface area contributed by atoms with Gasteiger partial charge in [-0.25, -0.2) is 4.39 Å². The zero-order valence-electron chi connectivity index (χ0n) is 8.42. The third kappa shape index (κ3) is 3.22. The van der Waals surface area contributed by atoms with Crippen molar-refractivity contribution in [3.8, 4) is 0 Å². The van der Waals surface area contributed by atoms with Gasteiger partial charge in [-0.1, -0.05) is 25.8 Å². The van der Waals surface area contributed by atoms with Gasteiger partial charge in [-0.05, 0) is 24.3 Å². The molecular formula is C11H16FNS. The number of para-hydroxylation sites is 1. The third-order valence-electron chi connectivity index (χ3n) is 2.02. The van der Waals surface area contributed by atoms with Gasteiger partial charge in [0.2, 0.25) is 0 Å². The lowest BCUT2D eigenvalue weighted by atomic mass is 10.3. The summed E-state index contributed by atoms with van der Waals surface area (Å²) in [4.78, 5) is 0.862. The van der Waals surface area contributed by atoms with Gasteiger partial charge in [-0.2, -0.15) is 0 Å². The summed E-state index contributed by atoms with van der Waals surface area (Å²) in [5.41, 5.74) is 5.89. The standard InChI is InChI=1S/C11H16FNS/c1-2-3-4-8-14-10-7-5-6-9(12)11(10)13/h5-7H,2-4,8,13H2,1H3. The van der Waals surface area contributed by atoms with Crippen molar-refractivity contribution in [3.63, 3.8) is 0 Å². The first-order valence-corrected chi connectivity index (χ1v) is 5.91. The van der Waals surface area contributed by atoms with Crippen LogP contribution in [0, 0.1) is 5.82 Å². The van der Waals surface area contributed by atoms with Crippen molar-refractivity contribution < 1.29 is 4.39 Å². The molecule has 1 nitrogen and oxygen atoms in total. The maximum Gasteiger partial charge on any atom is 0.147 e. The van der Waals surface area contributed by atoms with Crippen LogP contribution in [0.3, 0.4) is 0 Å². The van der Waals surface area contributed by atoms with Crippen LogP contribution in [0.1, 0.15) is 26.2 Å². The Hall–Kier alpha value is -0.700. The molecule has 0 heterocycles. The number of anilines is 1. The van der Waals surface area contributed by atoms with Gasteiger partial charge in [0, 0.05) is 4.90 Å². The number of thioether (sulfide) groups is 1. The summed E-state index contributed by atoms with van der Waals surface area (Å²) in [5, 5.41) is 0. The Kier molecular flexibility index (Phi) is 4.80. The van der Waals surface area contributed by atoms with Gasteiger partial charge in [0.05, 0.1) is 5.69 Å². The predicted octanol–water partition coefficient (Wildman–Crippen LogP) is 3.69. The van der Waals surface area contributed by atoms with Crippen LogP contribution in [0.15, 0.2) is 23.1 Å². The summed E-state index contributed by atoms with van der Waals surface area (Å²) in [5.74, 6) is 0.701. The largest absolute Gasteiger partial charge is 0.395 e. The predicted molar refractivity (Wildman–Crippen MR) is 61.1 cm³/mol. The Bertz CT molecular complexity index is 289. The van der Waals surface area contributed by atoms with Crippen LogP contribution in [0.2, 0.25) is 0 Å². The number of halogens is 1. The van der Waals surface area contributed by atoms with E-state index in [2.05, 4.69) is 6.92 Å². The highest BCUT2D eigenvalue weighted by atomic mass is 32.2. The maximum atomic E-state index is 13.0.